The molecule has 0 aliphatic rings. The zero-order valence-electron chi connectivity index (χ0n) is 15.7. The third-order valence-electron chi connectivity index (χ3n) is 4.01. The Morgan fingerprint density at radius 2 is 1.89 bits per heavy atom. The molecule has 6 nitrogen and oxygen atoms in total. The summed E-state index contributed by atoms with van der Waals surface area (Å²) in [5, 5.41) is 6.62. The zero-order valence-corrected chi connectivity index (χ0v) is 17.3. The lowest BCUT2D eigenvalue weighted by Gasteiger charge is -2.13. The van der Waals surface area contributed by atoms with Gasteiger partial charge < -0.3 is 15.4 Å². The van der Waals surface area contributed by atoms with Gasteiger partial charge in [0.25, 0.3) is 0 Å². The van der Waals surface area contributed by atoms with Crippen molar-refractivity contribution in [1.29, 1.82) is 0 Å². The summed E-state index contributed by atoms with van der Waals surface area (Å²) >= 11 is 6.21. The second-order valence-corrected chi connectivity index (χ2v) is 8.37. The Morgan fingerprint density at radius 3 is 2.54 bits per heavy atom. The number of aliphatic imine (C=N–C) groups is 1. The molecule has 0 amide bonds. The maximum Gasteiger partial charge on any atom is 0.191 e. The van der Waals surface area contributed by atoms with E-state index >= 15 is 0 Å². The van der Waals surface area contributed by atoms with Crippen LogP contribution in [0.5, 0.6) is 5.75 Å². The van der Waals surface area contributed by atoms with E-state index < -0.39 is 15.7 Å². The molecule has 2 rings (SSSR count). The Balaban J connectivity index is 1.83. The van der Waals surface area contributed by atoms with Gasteiger partial charge in [0.15, 0.2) is 15.8 Å². The Kier molecular flexibility index (Phi) is 8.07. The van der Waals surface area contributed by atoms with Gasteiger partial charge >= 0.3 is 0 Å². The Labute approximate surface area is 169 Å². The van der Waals surface area contributed by atoms with E-state index in [4.69, 9.17) is 16.3 Å². The molecule has 2 aromatic carbocycles. The number of ether oxygens (including phenoxy) is 1. The van der Waals surface area contributed by atoms with E-state index in [1.165, 1.54) is 18.2 Å². The SMILES string of the molecule is CN=C(NCCc1ccc(OC)cc1Cl)NCCS(=O)(=O)c1ccccc1F. The number of benzene rings is 2. The molecular weight excluding hydrogens is 405 g/mol. The molecule has 0 saturated heterocycles. The smallest absolute Gasteiger partial charge is 0.191 e. The van der Waals surface area contributed by atoms with Crippen LogP contribution in [0.3, 0.4) is 0 Å². The van der Waals surface area contributed by atoms with Crippen LogP contribution >= 0.6 is 11.6 Å². The van der Waals surface area contributed by atoms with Gasteiger partial charge in [-0.25, -0.2) is 12.8 Å². The van der Waals surface area contributed by atoms with Gasteiger partial charge in [-0.2, -0.15) is 0 Å². The molecule has 2 aromatic rings. The fourth-order valence-electron chi connectivity index (χ4n) is 2.50. The molecule has 152 valence electrons. The van der Waals surface area contributed by atoms with Crippen molar-refractivity contribution >= 4 is 27.4 Å². The number of sulfone groups is 1. The van der Waals surface area contributed by atoms with E-state index in [2.05, 4.69) is 15.6 Å². The number of hydrogen-bond acceptors (Lipinski definition) is 4. The van der Waals surface area contributed by atoms with E-state index in [1.54, 1.807) is 20.2 Å². The monoisotopic (exact) mass is 427 g/mol. The first-order valence-electron chi connectivity index (χ1n) is 8.61. The minimum absolute atomic E-state index is 0.0969. The average Bonchev–Trinajstić information content (AvgIpc) is 2.68. The molecule has 0 fully saturated rings. The largest absolute Gasteiger partial charge is 0.497 e. The second-order valence-electron chi connectivity index (χ2n) is 5.88. The van der Waals surface area contributed by atoms with Crippen LogP contribution in [0.4, 0.5) is 4.39 Å². The van der Waals surface area contributed by atoms with Crippen LogP contribution in [-0.2, 0) is 16.3 Å². The number of rotatable bonds is 8. The summed E-state index contributed by atoms with van der Waals surface area (Å²) < 4.78 is 43.3. The summed E-state index contributed by atoms with van der Waals surface area (Å²) in [7, 11) is -0.557. The highest BCUT2D eigenvalue weighted by molar-refractivity contribution is 7.91. The summed E-state index contributed by atoms with van der Waals surface area (Å²) in [5.41, 5.74) is 0.951. The predicted molar refractivity (Wildman–Crippen MR) is 110 cm³/mol. The number of guanidine groups is 1. The van der Waals surface area contributed by atoms with Crippen LogP contribution in [0.25, 0.3) is 0 Å². The predicted octanol–water partition coefficient (Wildman–Crippen LogP) is 2.67. The van der Waals surface area contributed by atoms with Gasteiger partial charge in [0.2, 0.25) is 0 Å². The molecule has 0 unspecified atom stereocenters. The molecule has 0 aliphatic heterocycles. The molecule has 2 N–H and O–H groups in total. The van der Waals surface area contributed by atoms with Crippen LogP contribution in [-0.4, -0.2) is 47.4 Å². The molecule has 0 atom stereocenters. The van der Waals surface area contributed by atoms with E-state index in [1.807, 2.05) is 12.1 Å². The minimum atomic E-state index is -3.72. The molecule has 9 heteroatoms. The van der Waals surface area contributed by atoms with Crippen molar-refractivity contribution in [3.63, 3.8) is 0 Å². The van der Waals surface area contributed by atoms with Gasteiger partial charge in [0.1, 0.15) is 16.5 Å². The summed E-state index contributed by atoms with van der Waals surface area (Å²) in [5.74, 6) is 0.142. The van der Waals surface area contributed by atoms with Crippen molar-refractivity contribution < 1.29 is 17.5 Å². The van der Waals surface area contributed by atoms with E-state index in [0.29, 0.717) is 29.7 Å². The minimum Gasteiger partial charge on any atom is -0.497 e. The number of nitrogens with one attached hydrogen (secondary N) is 2. The van der Waals surface area contributed by atoms with Gasteiger partial charge in [0.05, 0.1) is 12.9 Å². The molecule has 0 heterocycles. The van der Waals surface area contributed by atoms with Crippen LogP contribution in [0.2, 0.25) is 5.02 Å². The van der Waals surface area contributed by atoms with Crippen molar-refractivity contribution in [3.05, 3.63) is 58.9 Å². The first-order chi connectivity index (χ1) is 13.4. The summed E-state index contributed by atoms with van der Waals surface area (Å²) in [4.78, 5) is 3.75. The molecule has 28 heavy (non-hydrogen) atoms. The fraction of sp³-hybridized carbons (Fsp3) is 0.316. The van der Waals surface area contributed by atoms with E-state index in [-0.39, 0.29) is 17.2 Å². The van der Waals surface area contributed by atoms with Crippen molar-refractivity contribution in [2.75, 3.05) is 33.0 Å². The van der Waals surface area contributed by atoms with Crippen molar-refractivity contribution in [2.45, 2.75) is 11.3 Å². The third kappa shape index (κ3) is 6.10. The lowest BCUT2D eigenvalue weighted by Crippen LogP contribution is -2.40. The lowest BCUT2D eigenvalue weighted by atomic mass is 10.1. The zero-order chi connectivity index (χ0) is 20.6. The van der Waals surface area contributed by atoms with Gasteiger partial charge in [-0.1, -0.05) is 29.8 Å². The highest BCUT2D eigenvalue weighted by Crippen LogP contribution is 2.22. The van der Waals surface area contributed by atoms with Crippen LogP contribution in [0.1, 0.15) is 5.56 Å². The second kappa shape index (κ2) is 10.3. The maximum absolute atomic E-state index is 13.7. The quantitative estimate of drug-likeness (QED) is 0.500. The van der Waals surface area contributed by atoms with Crippen LogP contribution in [0, 0.1) is 5.82 Å². The fourth-order valence-corrected chi connectivity index (χ4v) is 4.01. The molecule has 0 bridgehead atoms. The van der Waals surface area contributed by atoms with Crippen molar-refractivity contribution in [3.8, 4) is 5.75 Å². The number of halogens is 2. The first-order valence-corrected chi connectivity index (χ1v) is 10.6. The molecule has 0 aliphatic carbocycles. The summed E-state index contributed by atoms with van der Waals surface area (Å²) in [6.45, 7) is 0.644. The normalized spacial score (nSPS) is 11.9. The molecule has 0 spiro atoms. The average molecular weight is 428 g/mol. The van der Waals surface area contributed by atoms with E-state index in [0.717, 1.165) is 11.6 Å². The lowest BCUT2D eigenvalue weighted by molar-refractivity contribution is 0.414. The Bertz CT molecular complexity index is 936. The standard InChI is InChI=1S/C19H23ClFN3O3S/c1-22-19(23-10-9-14-7-8-15(27-2)13-16(14)20)24-11-12-28(25,26)18-6-4-3-5-17(18)21/h3-8,13H,9-12H2,1-2H3,(H2,22,23,24). The summed E-state index contributed by atoms with van der Waals surface area (Å²) in [6.07, 6.45) is 0.650. The third-order valence-corrected chi connectivity index (χ3v) is 6.10. The highest BCUT2D eigenvalue weighted by atomic mass is 35.5. The molecule has 0 saturated carbocycles. The Morgan fingerprint density at radius 1 is 1.18 bits per heavy atom. The number of nitrogens with zero attached hydrogens (tertiary/aromatic N) is 1. The summed E-state index contributed by atoms with van der Waals surface area (Å²) in [6, 6.07) is 10.8. The molecule has 0 aromatic heterocycles. The first kappa shape index (κ1) is 22.0. The topological polar surface area (TPSA) is 79.8 Å². The number of methoxy groups -OCH3 is 1. The van der Waals surface area contributed by atoms with Crippen LogP contribution in [0.15, 0.2) is 52.4 Å². The van der Waals surface area contributed by atoms with Gasteiger partial charge in [-0.15, -0.1) is 0 Å². The van der Waals surface area contributed by atoms with E-state index in [9.17, 15) is 12.8 Å². The maximum atomic E-state index is 13.7. The van der Waals surface area contributed by atoms with Crippen molar-refractivity contribution in [1.82, 2.24) is 10.6 Å². The molecule has 0 radical (unpaired) electrons. The molecular formula is C19H23ClFN3O3S. The van der Waals surface area contributed by atoms with Crippen molar-refractivity contribution in [2.24, 2.45) is 4.99 Å². The highest BCUT2D eigenvalue weighted by Gasteiger charge is 2.18. The Hall–Kier alpha value is -2.32. The van der Waals surface area contributed by atoms with Gasteiger partial charge in [0, 0.05) is 25.2 Å². The number of hydrogen-bond donors (Lipinski definition) is 2. The van der Waals surface area contributed by atoms with Gasteiger partial charge in [-0.05, 0) is 36.2 Å². The van der Waals surface area contributed by atoms with Gasteiger partial charge in [-0.3, -0.25) is 4.99 Å². The van der Waals surface area contributed by atoms with Crippen LogP contribution < -0.4 is 15.4 Å².